The van der Waals surface area contributed by atoms with Crippen LogP contribution in [0.25, 0.3) is 5.69 Å². The molecule has 0 radical (unpaired) electrons. The van der Waals surface area contributed by atoms with Crippen molar-refractivity contribution in [2.75, 3.05) is 7.11 Å². The highest BCUT2D eigenvalue weighted by atomic mass is 19.4. The largest absolute Gasteiger partial charge is 0.467 e. The van der Waals surface area contributed by atoms with Crippen molar-refractivity contribution in [3.8, 4) is 11.7 Å². The van der Waals surface area contributed by atoms with Crippen LogP contribution in [0.4, 0.5) is 13.2 Å². The van der Waals surface area contributed by atoms with Crippen molar-refractivity contribution < 1.29 is 22.7 Å². The Labute approximate surface area is 170 Å². The van der Waals surface area contributed by atoms with Gasteiger partial charge in [0.25, 0.3) is 0 Å². The van der Waals surface area contributed by atoms with E-state index in [0.29, 0.717) is 16.8 Å². The Kier molecular flexibility index (Phi) is 5.95. The van der Waals surface area contributed by atoms with Crippen LogP contribution in [-0.2, 0) is 24.7 Å². The molecule has 0 saturated heterocycles. The van der Waals surface area contributed by atoms with E-state index in [4.69, 9.17) is 9.57 Å². The van der Waals surface area contributed by atoms with E-state index in [-0.39, 0.29) is 18.3 Å². The number of alkyl halides is 3. The number of oxime groups is 1. The van der Waals surface area contributed by atoms with Crippen LogP contribution < -0.4 is 10.4 Å². The molecule has 0 aliphatic carbocycles. The molecule has 1 heterocycles. The van der Waals surface area contributed by atoms with Gasteiger partial charge in [0.15, 0.2) is 0 Å². The molecule has 0 aliphatic heterocycles. The number of hydrogen-bond acceptors (Lipinski definition) is 5. The first-order chi connectivity index (χ1) is 14.2. The van der Waals surface area contributed by atoms with E-state index in [0.717, 1.165) is 16.8 Å². The second-order valence-electron chi connectivity index (χ2n) is 6.39. The second kappa shape index (κ2) is 8.44. The molecule has 0 atom stereocenters. The lowest BCUT2D eigenvalue weighted by molar-refractivity contribution is -0.137. The van der Waals surface area contributed by atoms with Gasteiger partial charge in [-0.15, -0.1) is 5.10 Å². The second-order valence-corrected chi connectivity index (χ2v) is 6.39. The van der Waals surface area contributed by atoms with Gasteiger partial charge in [-0.05, 0) is 30.7 Å². The van der Waals surface area contributed by atoms with Crippen molar-refractivity contribution in [3.63, 3.8) is 0 Å². The van der Waals surface area contributed by atoms with Crippen LogP contribution in [0.5, 0.6) is 6.01 Å². The number of rotatable bonds is 6. The minimum Gasteiger partial charge on any atom is -0.467 e. The smallest absolute Gasteiger partial charge is 0.416 e. The summed E-state index contributed by atoms with van der Waals surface area (Å²) in [6, 6.07) is 11.9. The normalized spacial score (nSPS) is 12.1. The summed E-state index contributed by atoms with van der Waals surface area (Å²) >= 11 is 0. The maximum Gasteiger partial charge on any atom is 0.416 e. The summed E-state index contributed by atoms with van der Waals surface area (Å²) in [5.74, 6) is 0. The van der Waals surface area contributed by atoms with Crippen molar-refractivity contribution in [1.82, 2.24) is 14.3 Å². The van der Waals surface area contributed by atoms with Crippen LogP contribution in [-0.4, -0.2) is 27.2 Å². The van der Waals surface area contributed by atoms with Gasteiger partial charge in [-0.2, -0.15) is 13.2 Å². The lowest BCUT2D eigenvalue weighted by Gasteiger charge is -2.11. The lowest BCUT2D eigenvalue weighted by atomic mass is 10.1. The highest BCUT2D eigenvalue weighted by molar-refractivity contribution is 5.98. The van der Waals surface area contributed by atoms with Gasteiger partial charge in [0.1, 0.15) is 6.61 Å². The summed E-state index contributed by atoms with van der Waals surface area (Å²) in [6.07, 6.45) is -4.44. The molecule has 0 spiro atoms. The van der Waals surface area contributed by atoms with E-state index < -0.39 is 17.4 Å². The predicted octanol–water partition coefficient (Wildman–Crippen LogP) is 3.54. The lowest BCUT2D eigenvalue weighted by Crippen LogP contribution is -2.22. The molecule has 0 amide bonds. The molecule has 7 nitrogen and oxygen atoms in total. The molecule has 158 valence electrons. The van der Waals surface area contributed by atoms with Gasteiger partial charge < -0.3 is 9.57 Å². The monoisotopic (exact) mass is 420 g/mol. The Balaban J connectivity index is 1.84. The van der Waals surface area contributed by atoms with Gasteiger partial charge in [0.2, 0.25) is 0 Å². The van der Waals surface area contributed by atoms with E-state index in [1.165, 1.54) is 30.9 Å². The average Bonchev–Trinajstić information content (AvgIpc) is 3.01. The summed E-state index contributed by atoms with van der Waals surface area (Å²) < 4.78 is 46.3. The standard InChI is InChI=1S/C20H19F3N4O3/c1-13(14-8-6-9-16(11-14)20(21,22)23)25-30-12-15-7-4-5-10-17(15)27-18(29-3)24-26(2)19(27)28/h4-11H,12H2,1-3H3/b25-13-. The van der Waals surface area contributed by atoms with Crippen molar-refractivity contribution in [3.05, 3.63) is 75.7 Å². The van der Waals surface area contributed by atoms with Crippen molar-refractivity contribution in [2.24, 2.45) is 12.2 Å². The zero-order valence-electron chi connectivity index (χ0n) is 16.5. The average molecular weight is 420 g/mol. The van der Waals surface area contributed by atoms with Gasteiger partial charge in [-0.3, -0.25) is 0 Å². The van der Waals surface area contributed by atoms with Gasteiger partial charge in [-0.25, -0.2) is 14.0 Å². The number of aryl methyl sites for hydroxylation is 1. The van der Waals surface area contributed by atoms with Crippen molar-refractivity contribution in [1.29, 1.82) is 0 Å². The first-order valence-electron chi connectivity index (χ1n) is 8.85. The highest BCUT2D eigenvalue weighted by Gasteiger charge is 2.30. The van der Waals surface area contributed by atoms with E-state index in [1.54, 1.807) is 31.2 Å². The number of para-hydroxylation sites is 1. The molecule has 0 bridgehead atoms. The van der Waals surface area contributed by atoms with E-state index >= 15 is 0 Å². The topological polar surface area (TPSA) is 70.6 Å². The number of benzene rings is 2. The number of halogens is 3. The van der Waals surface area contributed by atoms with Crippen molar-refractivity contribution >= 4 is 5.71 Å². The molecule has 0 aliphatic rings. The van der Waals surface area contributed by atoms with Gasteiger partial charge >= 0.3 is 17.9 Å². The minimum atomic E-state index is -4.44. The molecule has 0 unspecified atom stereocenters. The molecule has 3 rings (SSSR count). The van der Waals surface area contributed by atoms with Crippen molar-refractivity contribution in [2.45, 2.75) is 19.7 Å². The third-order valence-corrected chi connectivity index (χ3v) is 4.34. The number of ether oxygens (including phenoxy) is 1. The Morgan fingerprint density at radius 2 is 1.90 bits per heavy atom. The van der Waals surface area contributed by atoms with Crippen LogP contribution >= 0.6 is 0 Å². The van der Waals surface area contributed by atoms with Crippen LogP contribution in [0.1, 0.15) is 23.6 Å². The fraction of sp³-hybridized carbons (Fsp3) is 0.250. The molecule has 10 heteroatoms. The Hall–Kier alpha value is -3.56. The summed E-state index contributed by atoms with van der Waals surface area (Å²) in [6.45, 7) is 1.53. The van der Waals surface area contributed by atoms with Crippen LogP contribution in [0, 0.1) is 0 Å². The van der Waals surface area contributed by atoms with E-state index in [1.807, 2.05) is 0 Å². The minimum absolute atomic E-state index is 0.0169. The summed E-state index contributed by atoms with van der Waals surface area (Å²) in [5, 5.41) is 7.93. The molecule has 0 N–H and O–H groups in total. The first kappa shape index (κ1) is 21.2. The highest BCUT2D eigenvalue weighted by Crippen LogP contribution is 2.29. The maximum atomic E-state index is 12.9. The summed E-state index contributed by atoms with van der Waals surface area (Å²) in [7, 11) is 2.91. The first-order valence-corrected chi connectivity index (χ1v) is 8.85. The molecule has 1 aromatic heterocycles. The number of hydrogen-bond donors (Lipinski definition) is 0. The predicted molar refractivity (Wildman–Crippen MR) is 104 cm³/mol. The zero-order valence-corrected chi connectivity index (χ0v) is 16.5. The van der Waals surface area contributed by atoms with Crippen LogP contribution in [0.3, 0.4) is 0 Å². The van der Waals surface area contributed by atoms with Gasteiger partial charge in [0, 0.05) is 12.6 Å². The molecular weight excluding hydrogens is 401 g/mol. The molecular formula is C20H19F3N4O3. The third-order valence-electron chi connectivity index (χ3n) is 4.34. The Morgan fingerprint density at radius 1 is 1.17 bits per heavy atom. The van der Waals surface area contributed by atoms with Gasteiger partial charge in [-0.1, -0.05) is 35.5 Å². The Morgan fingerprint density at radius 3 is 2.60 bits per heavy atom. The molecule has 0 fully saturated rings. The molecule has 30 heavy (non-hydrogen) atoms. The molecule has 2 aromatic carbocycles. The third kappa shape index (κ3) is 4.37. The quantitative estimate of drug-likeness (QED) is 0.452. The number of aromatic nitrogens is 3. The number of methoxy groups -OCH3 is 1. The SMILES string of the molecule is COc1nn(C)c(=O)n1-c1ccccc1CO/N=C(/C)c1cccc(C(F)(F)F)c1. The van der Waals surface area contributed by atoms with E-state index in [9.17, 15) is 18.0 Å². The fourth-order valence-corrected chi connectivity index (χ4v) is 2.80. The zero-order chi connectivity index (χ0) is 21.9. The molecule has 3 aromatic rings. The molecule has 0 saturated carbocycles. The van der Waals surface area contributed by atoms with Gasteiger partial charge in [0.05, 0.1) is 24.1 Å². The maximum absolute atomic E-state index is 12.9. The Bertz CT molecular complexity index is 1130. The van der Waals surface area contributed by atoms with Crippen LogP contribution in [0.15, 0.2) is 58.5 Å². The number of nitrogens with zero attached hydrogens (tertiary/aromatic N) is 4. The summed E-state index contributed by atoms with van der Waals surface area (Å²) in [5.41, 5.74) is 0.537. The van der Waals surface area contributed by atoms with Crippen LogP contribution in [0.2, 0.25) is 0 Å². The van der Waals surface area contributed by atoms with E-state index in [2.05, 4.69) is 10.3 Å². The summed E-state index contributed by atoms with van der Waals surface area (Å²) in [4.78, 5) is 17.8. The fourth-order valence-electron chi connectivity index (χ4n) is 2.80.